The van der Waals surface area contributed by atoms with Crippen molar-refractivity contribution in [2.45, 2.75) is 52.0 Å². The maximum atomic E-state index is 13.6. The second-order valence-corrected chi connectivity index (χ2v) is 8.35. The maximum absolute atomic E-state index is 13.6. The summed E-state index contributed by atoms with van der Waals surface area (Å²) >= 11 is 0. The number of pyridine rings is 1. The van der Waals surface area contributed by atoms with E-state index >= 15 is 0 Å². The molecule has 1 aliphatic carbocycles. The second-order valence-electron chi connectivity index (χ2n) is 8.35. The number of fused-ring (bicyclic) bond motifs is 1. The van der Waals surface area contributed by atoms with Crippen molar-refractivity contribution in [3.05, 3.63) is 70.2 Å². The van der Waals surface area contributed by atoms with Gasteiger partial charge in [0.05, 0.1) is 35.1 Å². The van der Waals surface area contributed by atoms with Crippen molar-refractivity contribution in [3.63, 3.8) is 0 Å². The lowest BCUT2D eigenvalue weighted by Crippen LogP contribution is -2.20. The molecule has 0 bridgehead atoms. The molecule has 5 nitrogen and oxygen atoms in total. The van der Waals surface area contributed by atoms with Crippen molar-refractivity contribution in [1.82, 2.24) is 14.5 Å². The fourth-order valence-electron chi connectivity index (χ4n) is 4.14. The van der Waals surface area contributed by atoms with E-state index in [-0.39, 0.29) is 18.9 Å². The van der Waals surface area contributed by atoms with Gasteiger partial charge in [-0.1, -0.05) is 18.2 Å². The zero-order valence-corrected chi connectivity index (χ0v) is 18.7. The Labute approximate surface area is 185 Å². The van der Waals surface area contributed by atoms with E-state index in [1.54, 1.807) is 18.3 Å². The first kappa shape index (κ1) is 21.8. The SMILES string of the molecule is Cc1c(C#N)cccc1[C@@H](C)N=c1nc(C)n(C)c2cnc(C3=CCC(F)(F)CC3)cc12. The molecule has 0 radical (unpaired) electrons. The Bertz CT molecular complexity index is 1340. The number of nitrogens with zero attached hydrogens (tertiary/aromatic N) is 5. The van der Waals surface area contributed by atoms with Gasteiger partial charge in [-0.25, -0.2) is 13.8 Å². The van der Waals surface area contributed by atoms with Gasteiger partial charge in [-0.2, -0.15) is 5.26 Å². The van der Waals surface area contributed by atoms with Crippen LogP contribution in [0.4, 0.5) is 8.78 Å². The van der Waals surface area contributed by atoms with Crippen LogP contribution < -0.4 is 5.49 Å². The van der Waals surface area contributed by atoms with Gasteiger partial charge >= 0.3 is 0 Å². The van der Waals surface area contributed by atoms with E-state index < -0.39 is 5.92 Å². The van der Waals surface area contributed by atoms with Gasteiger partial charge in [0.25, 0.3) is 5.92 Å². The van der Waals surface area contributed by atoms with Crippen LogP contribution in [0.15, 0.2) is 41.5 Å². The molecule has 0 aliphatic heterocycles. The summed E-state index contributed by atoms with van der Waals surface area (Å²) in [5.41, 5.74) is 5.47. The number of nitriles is 1. The van der Waals surface area contributed by atoms with E-state index in [0.29, 0.717) is 23.2 Å². The number of allylic oxidation sites excluding steroid dienone is 2. The van der Waals surface area contributed by atoms with Crippen molar-refractivity contribution in [2.75, 3.05) is 0 Å². The normalized spacial score (nSPS) is 17.2. The molecule has 0 amide bonds. The number of aryl methyl sites for hydroxylation is 2. The highest BCUT2D eigenvalue weighted by atomic mass is 19.3. The topological polar surface area (TPSA) is 66.9 Å². The molecule has 0 N–H and O–H groups in total. The van der Waals surface area contributed by atoms with E-state index in [9.17, 15) is 14.0 Å². The highest BCUT2D eigenvalue weighted by Crippen LogP contribution is 2.36. The Balaban J connectivity index is 1.87. The Hall–Kier alpha value is -3.40. The Kier molecular flexibility index (Phi) is 5.64. The Morgan fingerprint density at radius 2 is 2.06 bits per heavy atom. The van der Waals surface area contributed by atoms with Gasteiger partial charge in [0.15, 0.2) is 5.49 Å². The van der Waals surface area contributed by atoms with Crippen molar-refractivity contribution < 1.29 is 8.78 Å². The average molecular weight is 434 g/mol. The van der Waals surface area contributed by atoms with Crippen LogP contribution in [0.25, 0.3) is 16.5 Å². The van der Waals surface area contributed by atoms with Crippen molar-refractivity contribution in [2.24, 2.45) is 12.0 Å². The summed E-state index contributed by atoms with van der Waals surface area (Å²) in [6.45, 7) is 5.81. The molecule has 0 spiro atoms. The molecule has 2 aromatic heterocycles. The average Bonchev–Trinajstić information content (AvgIpc) is 2.77. The first-order chi connectivity index (χ1) is 15.2. The lowest BCUT2D eigenvalue weighted by molar-refractivity contribution is -0.00605. The highest BCUT2D eigenvalue weighted by molar-refractivity contribution is 5.81. The molecule has 1 aliphatic rings. The molecule has 1 aromatic carbocycles. The quantitative estimate of drug-likeness (QED) is 0.561. The summed E-state index contributed by atoms with van der Waals surface area (Å²) in [6.07, 6.45) is 3.22. The van der Waals surface area contributed by atoms with E-state index in [2.05, 4.69) is 11.1 Å². The number of hydrogen-bond donors (Lipinski definition) is 0. The van der Waals surface area contributed by atoms with E-state index in [4.69, 9.17) is 9.98 Å². The molecule has 7 heteroatoms. The summed E-state index contributed by atoms with van der Waals surface area (Å²) in [5, 5.41) is 10.2. The molecule has 0 fully saturated rings. The summed E-state index contributed by atoms with van der Waals surface area (Å²) in [5.74, 6) is -1.85. The highest BCUT2D eigenvalue weighted by Gasteiger charge is 2.31. The molecule has 0 saturated heterocycles. The minimum Gasteiger partial charge on any atom is -0.331 e. The standard InChI is InChI=1S/C25H25F2N5/c1-15-19(13-28)6-5-7-20(15)16(2)30-24-21-12-22(18-8-10-25(26,27)11-9-18)29-14-23(21)32(4)17(3)31-24/h5-8,12,14,16H,9-11H2,1-4H3/t16-/m1/s1. The molecule has 0 unspecified atom stereocenters. The van der Waals surface area contributed by atoms with Gasteiger partial charge in [0.1, 0.15) is 5.82 Å². The number of hydrogen-bond acceptors (Lipinski definition) is 4. The monoisotopic (exact) mass is 433 g/mol. The smallest absolute Gasteiger partial charge is 0.251 e. The summed E-state index contributed by atoms with van der Waals surface area (Å²) < 4.78 is 29.1. The van der Waals surface area contributed by atoms with E-state index in [1.807, 2.05) is 50.6 Å². The van der Waals surface area contributed by atoms with Gasteiger partial charge in [0.2, 0.25) is 0 Å². The molecule has 4 rings (SSSR count). The number of alkyl halides is 2. The third-order valence-electron chi connectivity index (χ3n) is 6.24. The first-order valence-electron chi connectivity index (χ1n) is 10.6. The zero-order valence-electron chi connectivity index (χ0n) is 18.7. The van der Waals surface area contributed by atoms with Crippen LogP contribution in [0.5, 0.6) is 0 Å². The van der Waals surface area contributed by atoms with Gasteiger partial charge in [-0.3, -0.25) is 9.98 Å². The van der Waals surface area contributed by atoms with Crippen LogP contribution >= 0.6 is 0 Å². The molecule has 2 heterocycles. The molecule has 32 heavy (non-hydrogen) atoms. The van der Waals surface area contributed by atoms with Gasteiger partial charge < -0.3 is 4.57 Å². The third kappa shape index (κ3) is 4.05. The molecule has 164 valence electrons. The number of benzene rings is 1. The van der Waals surface area contributed by atoms with Crippen LogP contribution in [-0.4, -0.2) is 20.5 Å². The van der Waals surface area contributed by atoms with Crippen molar-refractivity contribution >= 4 is 16.5 Å². The zero-order chi connectivity index (χ0) is 23.0. The summed E-state index contributed by atoms with van der Waals surface area (Å²) in [6, 6.07) is 9.55. The van der Waals surface area contributed by atoms with E-state index in [1.165, 1.54) is 0 Å². The van der Waals surface area contributed by atoms with Crippen LogP contribution in [0.2, 0.25) is 0 Å². The Morgan fingerprint density at radius 3 is 2.75 bits per heavy atom. The lowest BCUT2D eigenvalue weighted by Gasteiger charge is -2.21. The maximum Gasteiger partial charge on any atom is 0.251 e. The fourth-order valence-corrected chi connectivity index (χ4v) is 4.14. The predicted octanol–water partition coefficient (Wildman–Crippen LogP) is 5.32. The fraction of sp³-hybridized carbons (Fsp3) is 0.360. The molecule has 3 aromatic rings. The first-order valence-corrected chi connectivity index (χ1v) is 10.6. The lowest BCUT2D eigenvalue weighted by atomic mass is 9.93. The second kappa shape index (κ2) is 8.27. The predicted molar refractivity (Wildman–Crippen MR) is 120 cm³/mol. The molecule has 0 saturated carbocycles. The summed E-state index contributed by atoms with van der Waals surface area (Å²) in [7, 11) is 1.92. The largest absolute Gasteiger partial charge is 0.331 e. The molecule has 1 atom stereocenters. The summed E-state index contributed by atoms with van der Waals surface area (Å²) in [4.78, 5) is 14.2. The van der Waals surface area contributed by atoms with Crippen LogP contribution in [0, 0.1) is 25.2 Å². The molecular weight excluding hydrogens is 408 g/mol. The minimum atomic E-state index is -2.64. The number of aromatic nitrogens is 3. The minimum absolute atomic E-state index is 0.165. The number of rotatable bonds is 3. The molecular formula is C25H25F2N5. The third-order valence-corrected chi connectivity index (χ3v) is 6.24. The number of halogens is 2. The van der Waals surface area contributed by atoms with E-state index in [0.717, 1.165) is 33.4 Å². The van der Waals surface area contributed by atoms with Gasteiger partial charge in [0, 0.05) is 25.3 Å². The van der Waals surface area contributed by atoms with Crippen LogP contribution in [0.1, 0.15) is 60.4 Å². The Morgan fingerprint density at radius 1 is 1.28 bits per heavy atom. The van der Waals surface area contributed by atoms with Crippen LogP contribution in [-0.2, 0) is 7.05 Å². The van der Waals surface area contributed by atoms with Crippen LogP contribution in [0.3, 0.4) is 0 Å². The van der Waals surface area contributed by atoms with Gasteiger partial charge in [-0.05, 0) is 56.0 Å². The van der Waals surface area contributed by atoms with Gasteiger partial charge in [-0.15, -0.1) is 0 Å². The van der Waals surface area contributed by atoms with Crippen molar-refractivity contribution in [1.29, 1.82) is 5.26 Å². The van der Waals surface area contributed by atoms with Crippen molar-refractivity contribution in [3.8, 4) is 6.07 Å².